The van der Waals surface area contributed by atoms with Crippen LogP contribution in [0, 0.1) is 5.92 Å². The molecule has 1 N–H and O–H groups in total. The number of rotatable bonds is 6. The predicted octanol–water partition coefficient (Wildman–Crippen LogP) is 2.76. The normalized spacial score (nSPS) is 25.4. The SMILES string of the molecule is C=CCN(Cc1cccs1)C(=O)CN1C(=O)N[C@]2(CCCC[C@H]2C)C1=O. The number of nitrogens with one attached hydrogen (secondary N) is 1. The van der Waals surface area contributed by atoms with Gasteiger partial charge in [0.2, 0.25) is 5.91 Å². The summed E-state index contributed by atoms with van der Waals surface area (Å²) in [6.45, 7) is 6.31. The van der Waals surface area contributed by atoms with Gasteiger partial charge in [-0.25, -0.2) is 4.79 Å². The summed E-state index contributed by atoms with van der Waals surface area (Å²) >= 11 is 1.57. The highest BCUT2D eigenvalue weighted by molar-refractivity contribution is 7.09. The third kappa shape index (κ3) is 3.40. The summed E-state index contributed by atoms with van der Waals surface area (Å²) in [6, 6.07) is 3.44. The van der Waals surface area contributed by atoms with Crippen LogP contribution < -0.4 is 5.32 Å². The number of thiophene rings is 1. The van der Waals surface area contributed by atoms with Gasteiger partial charge in [0.25, 0.3) is 5.91 Å². The van der Waals surface area contributed by atoms with E-state index in [1.54, 1.807) is 22.3 Å². The van der Waals surface area contributed by atoms with Crippen LogP contribution in [-0.4, -0.2) is 46.3 Å². The maximum Gasteiger partial charge on any atom is 0.325 e. The minimum absolute atomic E-state index is 0.0863. The van der Waals surface area contributed by atoms with Crippen LogP contribution in [0.1, 0.15) is 37.5 Å². The highest BCUT2D eigenvalue weighted by Gasteiger charge is 2.55. The summed E-state index contributed by atoms with van der Waals surface area (Å²) < 4.78 is 0. The zero-order valence-electron chi connectivity index (χ0n) is 15.1. The second kappa shape index (κ2) is 7.61. The van der Waals surface area contributed by atoms with E-state index in [0.717, 1.165) is 29.0 Å². The second-order valence-electron chi connectivity index (χ2n) is 7.08. The highest BCUT2D eigenvalue weighted by atomic mass is 32.1. The quantitative estimate of drug-likeness (QED) is 0.614. The Bertz CT molecular complexity index is 703. The number of imide groups is 1. The number of carbonyl (C=O) groups is 3. The van der Waals surface area contributed by atoms with Crippen molar-refractivity contribution in [3.05, 3.63) is 35.0 Å². The number of hydrogen-bond acceptors (Lipinski definition) is 4. The molecule has 7 heteroatoms. The monoisotopic (exact) mass is 375 g/mol. The molecule has 0 aromatic carbocycles. The third-order valence-electron chi connectivity index (χ3n) is 5.42. The first-order valence-electron chi connectivity index (χ1n) is 9.03. The van der Waals surface area contributed by atoms with E-state index in [-0.39, 0.29) is 24.3 Å². The molecule has 1 aromatic heterocycles. The van der Waals surface area contributed by atoms with Crippen molar-refractivity contribution in [3.63, 3.8) is 0 Å². The molecule has 1 aliphatic heterocycles. The van der Waals surface area contributed by atoms with Gasteiger partial charge in [-0.15, -0.1) is 17.9 Å². The molecular weight excluding hydrogens is 350 g/mol. The number of urea groups is 1. The fourth-order valence-electron chi connectivity index (χ4n) is 3.88. The molecule has 3 rings (SSSR count). The highest BCUT2D eigenvalue weighted by Crippen LogP contribution is 2.38. The summed E-state index contributed by atoms with van der Waals surface area (Å²) in [5.74, 6) is -0.414. The van der Waals surface area contributed by atoms with Gasteiger partial charge in [0.1, 0.15) is 12.1 Å². The number of nitrogens with zero attached hydrogens (tertiary/aromatic N) is 2. The molecule has 1 aliphatic carbocycles. The molecule has 140 valence electrons. The van der Waals surface area contributed by atoms with Gasteiger partial charge >= 0.3 is 6.03 Å². The fourth-order valence-corrected chi connectivity index (χ4v) is 4.59. The Balaban J connectivity index is 1.72. The summed E-state index contributed by atoms with van der Waals surface area (Å²) in [7, 11) is 0. The smallest absolute Gasteiger partial charge is 0.325 e. The molecule has 2 heterocycles. The summed E-state index contributed by atoms with van der Waals surface area (Å²) in [4.78, 5) is 42.0. The van der Waals surface area contributed by atoms with E-state index in [1.807, 2.05) is 24.4 Å². The Morgan fingerprint density at radius 3 is 2.96 bits per heavy atom. The molecule has 6 nitrogen and oxygen atoms in total. The molecule has 0 bridgehead atoms. The van der Waals surface area contributed by atoms with Gasteiger partial charge in [0.15, 0.2) is 0 Å². The minimum Gasteiger partial charge on any atom is -0.332 e. The minimum atomic E-state index is -0.827. The van der Waals surface area contributed by atoms with Crippen LogP contribution in [0.15, 0.2) is 30.2 Å². The molecule has 0 unspecified atom stereocenters. The first-order valence-corrected chi connectivity index (χ1v) is 9.91. The van der Waals surface area contributed by atoms with Crippen LogP contribution in [0.5, 0.6) is 0 Å². The molecule has 2 fully saturated rings. The number of carbonyl (C=O) groups excluding carboxylic acids is 3. The molecule has 1 saturated heterocycles. The second-order valence-corrected chi connectivity index (χ2v) is 8.11. The molecule has 1 spiro atoms. The van der Waals surface area contributed by atoms with Crippen molar-refractivity contribution in [2.75, 3.05) is 13.1 Å². The molecule has 0 radical (unpaired) electrons. The number of amides is 4. The Morgan fingerprint density at radius 1 is 1.50 bits per heavy atom. The van der Waals surface area contributed by atoms with Gasteiger partial charge < -0.3 is 10.2 Å². The van der Waals surface area contributed by atoms with Crippen molar-refractivity contribution in [2.45, 2.75) is 44.7 Å². The topological polar surface area (TPSA) is 69.7 Å². The standard InChI is InChI=1S/C19H25N3O3S/c1-3-10-21(12-15-8-6-11-26-15)16(23)13-22-17(24)19(20-18(22)25)9-5-4-7-14(19)2/h3,6,8,11,14H,1,4-5,7,9-10,12-13H2,2H3,(H,20,25)/t14-,19+/m1/s1. The molecular formula is C19H25N3O3S. The Labute approximate surface area is 157 Å². The van der Waals surface area contributed by atoms with Gasteiger partial charge in [-0.2, -0.15) is 0 Å². The maximum absolute atomic E-state index is 13.0. The molecule has 1 aromatic rings. The predicted molar refractivity (Wildman–Crippen MR) is 101 cm³/mol. The van der Waals surface area contributed by atoms with Crippen LogP contribution in [0.25, 0.3) is 0 Å². The van der Waals surface area contributed by atoms with E-state index in [4.69, 9.17) is 0 Å². The van der Waals surface area contributed by atoms with E-state index >= 15 is 0 Å². The van der Waals surface area contributed by atoms with E-state index < -0.39 is 11.6 Å². The van der Waals surface area contributed by atoms with Crippen molar-refractivity contribution in [1.82, 2.24) is 15.1 Å². The van der Waals surface area contributed by atoms with E-state index in [0.29, 0.717) is 19.5 Å². The van der Waals surface area contributed by atoms with Crippen LogP contribution in [0.3, 0.4) is 0 Å². The van der Waals surface area contributed by atoms with Gasteiger partial charge in [-0.1, -0.05) is 31.9 Å². The molecule has 4 amide bonds. The van der Waals surface area contributed by atoms with Crippen LogP contribution in [-0.2, 0) is 16.1 Å². The third-order valence-corrected chi connectivity index (χ3v) is 6.28. The Kier molecular flexibility index (Phi) is 5.46. The van der Waals surface area contributed by atoms with Crippen molar-refractivity contribution >= 4 is 29.2 Å². The van der Waals surface area contributed by atoms with Crippen molar-refractivity contribution in [1.29, 1.82) is 0 Å². The zero-order valence-corrected chi connectivity index (χ0v) is 15.9. The van der Waals surface area contributed by atoms with Gasteiger partial charge in [-0.3, -0.25) is 14.5 Å². The molecule has 1 saturated carbocycles. The van der Waals surface area contributed by atoms with Gasteiger partial charge in [0, 0.05) is 11.4 Å². The summed E-state index contributed by atoms with van der Waals surface area (Å²) in [5, 5.41) is 4.85. The molecule has 2 atom stereocenters. The lowest BCUT2D eigenvalue weighted by molar-refractivity contribution is -0.140. The molecule has 2 aliphatic rings. The number of hydrogen-bond donors (Lipinski definition) is 1. The first-order chi connectivity index (χ1) is 12.5. The van der Waals surface area contributed by atoms with Crippen molar-refractivity contribution in [3.8, 4) is 0 Å². The van der Waals surface area contributed by atoms with Gasteiger partial charge in [-0.05, 0) is 30.2 Å². The van der Waals surface area contributed by atoms with Crippen LogP contribution >= 0.6 is 11.3 Å². The summed E-state index contributed by atoms with van der Waals surface area (Å²) in [5.41, 5.74) is -0.827. The van der Waals surface area contributed by atoms with E-state index in [1.165, 1.54) is 0 Å². The Hall–Kier alpha value is -2.15. The Morgan fingerprint density at radius 2 is 2.31 bits per heavy atom. The van der Waals surface area contributed by atoms with Crippen LogP contribution in [0.2, 0.25) is 0 Å². The van der Waals surface area contributed by atoms with Gasteiger partial charge in [0.05, 0.1) is 6.54 Å². The lowest BCUT2D eigenvalue weighted by Crippen LogP contribution is -2.54. The largest absolute Gasteiger partial charge is 0.332 e. The average Bonchev–Trinajstić information content (AvgIpc) is 3.20. The molecule has 26 heavy (non-hydrogen) atoms. The van der Waals surface area contributed by atoms with E-state index in [9.17, 15) is 14.4 Å². The zero-order chi connectivity index (χ0) is 18.7. The average molecular weight is 375 g/mol. The maximum atomic E-state index is 13.0. The first kappa shape index (κ1) is 18.6. The van der Waals surface area contributed by atoms with E-state index in [2.05, 4.69) is 11.9 Å². The van der Waals surface area contributed by atoms with Crippen molar-refractivity contribution in [2.24, 2.45) is 5.92 Å². The lowest BCUT2D eigenvalue weighted by Gasteiger charge is -2.36. The van der Waals surface area contributed by atoms with Crippen LogP contribution in [0.4, 0.5) is 4.79 Å². The summed E-state index contributed by atoms with van der Waals surface area (Å²) in [6.07, 6.45) is 5.20. The lowest BCUT2D eigenvalue weighted by atomic mass is 9.73. The van der Waals surface area contributed by atoms with Crippen molar-refractivity contribution < 1.29 is 14.4 Å². The fraction of sp³-hybridized carbons (Fsp3) is 0.526.